The third-order valence-electron chi connectivity index (χ3n) is 4.18. The number of hydrogen-bond donors (Lipinski definition) is 0. The molecule has 0 saturated carbocycles. The van der Waals surface area contributed by atoms with Crippen molar-refractivity contribution in [1.82, 2.24) is 4.98 Å². The summed E-state index contributed by atoms with van der Waals surface area (Å²) in [7, 11) is 0. The molecule has 0 aliphatic heterocycles. The van der Waals surface area contributed by atoms with Crippen molar-refractivity contribution in [3.63, 3.8) is 0 Å². The normalized spacial score (nSPS) is 12.7. The van der Waals surface area contributed by atoms with E-state index in [4.69, 9.17) is 9.72 Å². The van der Waals surface area contributed by atoms with Crippen LogP contribution < -0.4 is 4.74 Å². The van der Waals surface area contributed by atoms with Crippen LogP contribution in [0, 0.1) is 11.8 Å². The Bertz CT molecular complexity index is 942. The van der Waals surface area contributed by atoms with Crippen LogP contribution in [-0.4, -0.2) is 11.2 Å². The Morgan fingerprint density at radius 3 is 2.74 bits per heavy atom. The van der Waals surface area contributed by atoms with E-state index in [9.17, 15) is 0 Å². The molecule has 0 aliphatic rings. The summed E-state index contributed by atoms with van der Waals surface area (Å²) in [6, 6.07) is 14.3. The number of ether oxygens (including phenoxy) is 1. The van der Waals surface area contributed by atoms with Crippen LogP contribution in [0.15, 0.2) is 60.3 Å². The van der Waals surface area contributed by atoms with Crippen LogP contribution in [0.4, 0.5) is 5.69 Å². The van der Waals surface area contributed by atoms with Crippen molar-refractivity contribution in [2.45, 2.75) is 33.6 Å². The smallest absolute Gasteiger partial charge is 0.152 e. The molecule has 0 bridgehead atoms. The molecular formula is C23H26N2OS. The van der Waals surface area contributed by atoms with E-state index in [1.165, 1.54) is 21.5 Å². The first-order chi connectivity index (χ1) is 13.0. The molecule has 0 saturated heterocycles. The monoisotopic (exact) mass is 378 g/mol. The number of thiazole rings is 1. The Balaban J connectivity index is 1.70. The van der Waals surface area contributed by atoms with Crippen molar-refractivity contribution in [1.29, 1.82) is 0 Å². The molecule has 3 aromatic rings. The van der Waals surface area contributed by atoms with Crippen LogP contribution in [-0.2, 0) is 12.8 Å². The maximum absolute atomic E-state index is 5.41. The average Bonchev–Trinajstić information content (AvgIpc) is 3.02. The van der Waals surface area contributed by atoms with Crippen LogP contribution >= 0.6 is 11.3 Å². The fraction of sp³-hybridized carbons (Fsp3) is 0.304. The molecule has 140 valence electrons. The van der Waals surface area contributed by atoms with Crippen LogP contribution in [0.5, 0.6) is 5.75 Å². The van der Waals surface area contributed by atoms with Gasteiger partial charge in [-0.25, -0.2) is 4.98 Å². The number of para-hydroxylation sites is 2. The van der Waals surface area contributed by atoms with Gasteiger partial charge in [0.25, 0.3) is 0 Å². The third-order valence-corrected chi connectivity index (χ3v) is 5.22. The molecule has 0 fully saturated rings. The Kier molecular flexibility index (Phi) is 6.40. The predicted molar refractivity (Wildman–Crippen MR) is 116 cm³/mol. The largest absolute Gasteiger partial charge is 0.463 e. The molecule has 1 aromatic heterocycles. The summed E-state index contributed by atoms with van der Waals surface area (Å²) in [5.74, 6) is 1.68. The van der Waals surface area contributed by atoms with Gasteiger partial charge in [0.1, 0.15) is 5.69 Å². The van der Waals surface area contributed by atoms with Crippen molar-refractivity contribution >= 4 is 33.5 Å². The quantitative estimate of drug-likeness (QED) is 0.327. The highest BCUT2D eigenvalue weighted by molar-refractivity contribution is 7.18. The van der Waals surface area contributed by atoms with E-state index < -0.39 is 0 Å². The minimum Gasteiger partial charge on any atom is -0.463 e. The first-order valence-corrected chi connectivity index (χ1v) is 10.2. The number of aliphatic imine (C=N–C) groups is 1. The van der Waals surface area contributed by atoms with Crippen LogP contribution in [0.2, 0.25) is 0 Å². The summed E-state index contributed by atoms with van der Waals surface area (Å²) in [5, 5.41) is 1.23. The zero-order valence-electron chi connectivity index (χ0n) is 16.2. The zero-order chi connectivity index (χ0) is 19.2. The van der Waals surface area contributed by atoms with E-state index in [0.717, 1.165) is 29.8 Å². The SMILES string of the molecule is C=COc1ccccc1/N=C/C(C)Cc1ccc2nc(CC(C)C)sc2c1. The maximum atomic E-state index is 5.41. The van der Waals surface area contributed by atoms with E-state index in [0.29, 0.717) is 11.8 Å². The molecule has 3 nitrogen and oxygen atoms in total. The molecule has 4 heteroatoms. The fourth-order valence-corrected chi connectivity index (χ4v) is 4.21. The second-order valence-electron chi connectivity index (χ2n) is 7.22. The summed E-state index contributed by atoms with van der Waals surface area (Å²) in [6.07, 6.45) is 5.41. The van der Waals surface area contributed by atoms with E-state index >= 15 is 0 Å². The molecule has 1 atom stereocenters. The molecule has 0 spiro atoms. The van der Waals surface area contributed by atoms with Gasteiger partial charge in [0.2, 0.25) is 0 Å². The van der Waals surface area contributed by atoms with Gasteiger partial charge < -0.3 is 4.74 Å². The number of rotatable bonds is 8. The number of benzene rings is 2. The summed E-state index contributed by atoms with van der Waals surface area (Å²) >= 11 is 1.81. The van der Waals surface area contributed by atoms with Crippen molar-refractivity contribution in [2.75, 3.05) is 0 Å². The van der Waals surface area contributed by atoms with Crippen LogP contribution in [0.1, 0.15) is 31.3 Å². The Morgan fingerprint density at radius 1 is 1.15 bits per heavy atom. The molecule has 0 amide bonds. The van der Waals surface area contributed by atoms with Crippen molar-refractivity contribution < 1.29 is 4.74 Å². The molecule has 2 aromatic carbocycles. The van der Waals surface area contributed by atoms with Crippen molar-refractivity contribution in [3.8, 4) is 5.75 Å². The van der Waals surface area contributed by atoms with E-state index in [-0.39, 0.29) is 0 Å². The van der Waals surface area contributed by atoms with E-state index in [2.05, 4.69) is 50.5 Å². The summed E-state index contributed by atoms with van der Waals surface area (Å²) in [5.41, 5.74) is 3.24. The molecule has 0 aliphatic carbocycles. The van der Waals surface area contributed by atoms with Gasteiger partial charge in [-0.3, -0.25) is 4.99 Å². The van der Waals surface area contributed by atoms with Gasteiger partial charge in [0.15, 0.2) is 5.75 Å². The van der Waals surface area contributed by atoms with Crippen LogP contribution in [0.25, 0.3) is 10.2 Å². The highest BCUT2D eigenvalue weighted by Gasteiger charge is 2.08. The maximum Gasteiger partial charge on any atom is 0.152 e. The molecule has 27 heavy (non-hydrogen) atoms. The second kappa shape index (κ2) is 8.96. The van der Waals surface area contributed by atoms with Crippen molar-refractivity contribution in [3.05, 3.63) is 65.9 Å². The van der Waals surface area contributed by atoms with E-state index in [1.807, 2.05) is 41.8 Å². The van der Waals surface area contributed by atoms with Gasteiger partial charge in [-0.15, -0.1) is 11.3 Å². The van der Waals surface area contributed by atoms with E-state index in [1.54, 1.807) is 0 Å². The lowest BCUT2D eigenvalue weighted by molar-refractivity contribution is 0.485. The predicted octanol–water partition coefficient (Wildman–Crippen LogP) is 6.60. The number of fused-ring (bicyclic) bond motifs is 1. The van der Waals surface area contributed by atoms with Gasteiger partial charge in [0.05, 0.1) is 21.5 Å². The Morgan fingerprint density at radius 2 is 1.96 bits per heavy atom. The molecule has 0 radical (unpaired) electrons. The number of hydrogen-bond acceptors (Lipinski definition) is 4. The minimum absolute atomic E-state index is 0.322. The lowest BCUT2D eigenvalue weighted by Crippen LogP contribution is -2.00. The summed E-state index contributed by atoms with van der Waals surface area (Å²) < 4.78 is 6.69. The Hall–Kier alpha value is -2.46. The standard InChI is InChI=1S/C23H26N2OS/c1-5-26-21-9-7-6-8-19(21)24-15-17(4)13-18-10-11-20-22(14-18)27-23(25-20)12-16(2)3/h5-11,14-17H,1,12-13H2,2-4H3/b24-15+. The minimum atomic E-state index is 0.322. The highest BCUT2D eigenvalue weighted by Crippen LogP contribution is 2.28. The average molecular weight is 379 g/mol. The topological polar surface area (TPSA) is 34.5 Å². The third kappa shape index (κ3) is 5.27. The molecular weight excluding hydrogens is 352 g/mol. The molecule has 3 rings (SSSR count). The lowest BCUT2D eigenvalue weighted by atomic mass is 10.0. The fourth-order valence-electron chi connectivity index (χ4n) is 2.97. The zero-order valence-corrected chi connectivity index (χ0v) is 17.0. The van der Waals surface area contributed by atoms with Gasteiger partial charge >= 0.3 is 0 Å². The molecule has 1 unspecified atom stereocenters. The van der Waals surface area contributed by atoms with Crippen LogP contribution in [0.3, 0.4) is 0 Å². The highest BCUT2D eigenvalue weighted by atomic mass is 32.1. The van der Waals surface area contributed by atoms with Gasteiger partial charge in [-0.2, -0.15) is 0 Å². The lowest BCUT2D eigenvalue weighted by Gasteiger charge is -2.07. The Labute approximate surface area is 165 Å². The summed E-state index contributed by atoms with van der Waals surface area (Å²) in [6.45, 7) is 10.3. The molecule has 0 N–H and O–H groups in total. The van der Waals surface area contributed by atoms with Crippen molar-refractivity contribution in [2.24, 2.45) is 16.8 Å². The van der Waals surface area contributed by atoms with Gasteiger partial charge in [0, 0.05) is 12.6 Å². The first-order valence-electron chi connectivity index (χ1n) is 9.34. The number of aromatic nitrogens is 1. The first kappa shape index (κ1) is 19.3. The van der Waals surface area contributed by atoms with Gasteiger partial charge in [-0.1, -0.05) is 45.5 Å². The molecule has 1 heterocycles. The number of nitrogens with zero attached hydrogens (tertiary/aromatic N) is 2. The van der Waals surface area contributed by atoms with Gasteiger partial charge in [-0.05, 0) is 48.1 Å². The summed E-state index contributed by atoms with van der Waals surface area (Å²) in [4.78, 5) is 9.36. The second-order valence-corrected chi connectivity index (χ2v) is 8.33.